The maximum Gasteiger partial charge on any atom is 0.372 e. The predicted molar refractivity (Wildman–Crippen MR) is 73.8 cm³/mol. The Kier molecular flexibility index (Phi) is 3.46. The standard InChI is InChI=1S/C15H17NO4/c1-9-12(6-7-19-9)16-8-11-10-4-2-3-5-13(10)20-14(11)15(17)18/h2-5,9,12,16H,6-8H2,1H3,(H,17,18). The van der Waals surface area contributed by atoms with Crippen LogP contribution in [-0.2, 0) is 11.3 Å². The van der Waals surface area contributed by atoms with E-state index in [4.69, 9.17) is 9.15 Å². The van der Waals surface area contributed by atoms with Crippen molar-refractivity contribution in [1.82, 2.24) is 5.32 Å². The molecule has 1 saturated heterocycles. The zero-order valence-electron chi connectivity index (χ0n) is 11.3. The van der Waals surface area contributed by atoms with E-state index < -0.39 is 5.97 Å². The van der Waals surface area contributed by atoms with Crippen LogP contribution in [0.15, 0.2) is 28.7 Å². The molecule has 2 unspecified atom stereocenters. The van der Waals surface area contributed by atoms with E-state index >= 15 is 0 Å². The Morgan fingerprint density at radius 2 is 2.25 bits per heavy atom. The molecule has 2 N–H and O–H groups in total. The number of ether oxygens (including phenoxy) is 1. The molecule has 0 amide bonds. The first-order valence-corrected chi connectivity index (χ1v) is 6.75. The molecule has 3 rings (SSSR count). The third-order valence-corrected chi connectivity index (χ3v) is 3.81. The van der Waals surface area contributed by atoms with E-state index in [0.717, 1.165) is 18.4 Å². The molecular weight excluding hydrogens is 258 g/mol. The van der Waals surface area contributed by atoms with E-state index in [9.17, 15) is 9.90 Å². The second-order valence-corrected chi connectivity index (χ2v) is 5.06. The molecule has 1 aliphatic rings. The summed E-state index contributed by atoms with van der Waals surface area (Å²) in [4.78, 5) is 11.3. The molecule has 1 fully saturated rings. The smallest absolute Gasteiger partial charge is 0.372 e. The molecule has 5 nitrogen and oxygen atoms in total. The van der Waals surface area contributed by atoms with Gasteiger partial charge < -0.3 is 19.6 Å². The van der Waals surface area contributed by atoms with E-state index in [1.54, 1.807) is 6.07 Å². The number of carboxylic acid groups (broad SMARTS) is 1. The van der Waals surface area contributed by atoms with Crippen molar-refractivity contribution in [2.24, 2.45) is 0 Å². The Hall–Kier alpha value is -1.85. The van der Waals surface area contributed by atoms with Crippen molar-refractivity contribution in [1.29, 1.82) is 0 Å². The number of nitrogens with one attached hydrogen (secondary N) is 1. The monoisotopic (exact) mass is 275 g/mol. The van der Waals surface area contributed by atoms with E-state index in [0.29, 0.717) is 17.7 Å². The molecule has 0 saturated carbocycles. The molecule has 1 aliphatic heterocycles. The van der Waals surface area contributed by atoms with Crippen LogP contribution in [0.2, 0.25) is 0 Å². The number of carboxylic acids is 1. The lowest BCUT2D eigenvalue weighted by Crippen LogP contribution is -2.34. The number of benzene rings is 1. The Bertz CT molecular complexity index is 634. The van der Waals surface area contributed by atoms with Crippen LogP contribution in [-0.4, -0.2) is 29.8 Å². The normalized spacial score (nSPS) is 22.4. The summed E-state index contributed by atoms with van der Waals surface area (Å²) >= 11 is 0. The van der Waals surface area contributed by atoms with Gasteiger partial charge in [-0.15, -0.1) is 0 Å². The lowest BCUT2D eigenvalue weighted by atomic mass is 10.1. The lowest BCUT2D eigenvalue weighted by Gasteiger charge is -2.15. The molecule has 2 heterocycles. The summed E-state index contributed by atoms with van der Waals surface area (Å²) in [7, 11) is 0. The summed E-state index contributed by atoms with van der Waals surface area (Å²) < 4.78 is 10.9. The number of hydrogen-bond acceptors (Lipinski definition) is 4. The molecule has 0 aliphatic carbocycles. The van der Waals surface area contributed by atoms with Crippen molar-refractivity contribution in [3.63, 3.8) is 0 Å². The fourth-order valence-electron chi connectivity index (χ4n) is 2.68. The highest BCUT2D eigenvalue weighted by Crippen LogP contribution is 2.26. The van der Waals surface area contributed by atoms with Gasteiger partial charge in [0.2, 0.25) is 5.76 Å². The van der Waals surface area contributed by atoms with Crippen LogP contribution in [0, 0.1) is 0 Å². The first-order valence-electron chi connectivity index (χ1n) is 6.75. The number of furan rings is 1. The molecule has 1 aromatic heterocycles. The fourth-order valence-corrected chi connectivity index (χ4v) is 2.68. The minimum absolute atomic E-state index is 0.0188. The molecule has 5 heteroatoms. The highest BCUT2D eigenvalue weighted by molar-refractivity contribution is 5.95. The minimum atomic E-state index is -1.03. The molecule has 2 aromatic rings. The third kappa shape index (κ3) is 2.30. The van der Waals surface area contributed by atoms with Crippen molar-refractivity contribution in [3.8, 4) is 0 Å². The molecular formula is C15H17NO4. The predicted octanol–water partition coefficient (Wildman–Crippen LogP) is 2.40. The van der Waals surface area contributed by atoms with E-state index in [-0.39, 0.29) is 17.9 Å². The molecule has 2 atom stereocenters. The summed E-state index contributed by atoms with van der Waals surface area (Å²) in [5.74, 6) is -1.01. The molecule has 1 aromatic carbocycles. The second-order valence-electron chi connectivity index (χ2n) is 5.06. The van der Waals surface area contributed by atoms with Gasteiger partial charge in [0.25, 0.3) is 0 Å². The van der Waals surface area contributed by atoms with Gasteiger partial charge in [-0.2, -0.15) is 0 Å². The molecule has 0 spiro atoms. The summed E-state index contributed by atoms with van der Waals surface area (Å²) in [6.07, 6.45) is 1.10. The van der Waals surface area contributed by atoms with E-state index in [1.807, 2.05) is 25.1 Å². The maximum absolute atomic E-state index is 11.3. The van der Waals surface area contributed by atoms with Gasteiger partial charge in [0.15, 0.2) is 0 Å². The largest absolute Gasteiger partial charge is 0.475 e. The Morgan fingerprint density at radius 1 is 1.45 bits per heavy atom. The fraction of sp³-hybridized carbons (Fsp3) is 0.400. The summed E-state index contributed by atoms with van der Waals surface area (Å²) in [6, 6.07) is 7.64. The number of hydrogen-bond donors (Lipinski definition) is 2. The number of aromatic carboxylic acids is 1. The number of carbonyl (C=O) groups is 1. The SMILES string of the molecule is CC1OCCC1NCc1c(C(=O)O)oc2ccccc12. The maximum atomic E-state index is 11.3. The third-order valence-electron chi connectivity index (χ3n) is 3.81. The summed E-state index contributed by atoms with van der Waals surface area (Å²) in [5, 5.41) is 13.5. The van der Waals surface area contributed by atoms with Crippen molar-refractivity contribution in [2.45, 2.75) is 32.0 Å². The average molecular weight is 275 g/mol. The highest BCUT2D eigenvalue weighted by Gasteiger charge is 2.25. The highest BCUT2D eigenvalue weighted by atomic mass is 16.5. The van der Waals surface area contributed by atoms with Gasteiger partial charge in [-0.1, -0.05) is 18.2 Å². The first-order chi connectivity index (χ1) is 9.66. The van der Waals surface area contributed by atoms with Gasteiger partial charge in [0.05, 0.1) is 6.10 Å². The van der Waals surface area contributed by atoms with Crippen molar-refractivity contribution < 1.29 is 19.1 Å². The van der Waals surface area contributed by atoms with Crippen LogP contribution >= 0.6 is 0 Å². The lowest BCUT2D eigenvalue weighted by molar-refractivity contribution is 0.0663. The van der Waals surface area contributed by atoms with Crippen LogP contribution in [0.1, 0.15) is 29.5 Å². The van der Waals surface area contributed by atoms with Crippen LogP contribution in [0.3, 0.4) is 0 Å². The molecule has 0 bridgehead atoms. The van der Waals surface area contributed by atoms with Crippen molar-refractivity contribution >= 4 is 16.9 Å². The Labute approximate surface area is 116 Å². The first kappa shape index (κ1) is 13.1. The molecule has 20 heavy (non-hydrogen) atoms. The summed E-state index contributed by atoms with van der Waals surface area (Å²) in [5.41, 5.74) is 1.31. The Balaban J connectivity index is 1.89. The van der Waals surface area contributed by atoms with Crippen molar-refractivity contribution in [2.75, 3.05) is 6.61 Å². The van der Waals surface area contributed by atoms with Gasteiger partial charge in [0.1, 0.15) is 5.58 Å². The number of para-hydroxylation sites is 1. The van der Waals surface area contributed by atoms with E-state index in [2.05, 4.69) is 5.32 Å². The van der Waals surface area contributed by atoms with E-state index in [1.165, 1.54) is 0 Å². The minimum Gasteiger partial charge on any atom is -0.475 e. The topological polar surface area (TPSA) is 71.7 Å². The van der Waals surface area contributed by atoms with Gasteiger partial charge in [-0.05, 0) is 19.4 Å². The zero-order chi connectivity index (χ0) is 14.1. The van der Waals surface area contributed by atoms with Crippen LogP contribution in [0.4, 0.5) is 0 Å². The van der Waals surface area contributed by atoms with Crippen LogP contribution in [0.5, 0.6) is 0 Å². The van der Waals surface area contributed by atoms with Gasteiger partial charge >= 0.3 is 5.97 Å². The second kappa shape index (κ2) is 5.26. The van der Waals surface area contributed by atoms with Gasteiger partial charge in [-0.25, -0.2) is 4.79 Å². The van der Waals surface area contributed by atoms with Crippen LogP contribution in [0.25, 0.3) is 11.0 Å². The Morgan fingerprint density at radius 3 is 2.95 bits per heavy atom. The number of rotatable bonds is 4. The van der Waals surface area contributed by atoms with Crippen LogP contribution < -0.4 is 5.32 Å². The summed E-state index contributed by atoms with van der Waals surface area (Å²) in [6.45, 7) is 3.24. The van der Waals surface area contributed by atoms with Crippen molar-refractivity contribution in [3.05, 3.63) is 35.6 Å². The molecule has 106 valence electrons. The van der Waals surface area contributed by atoms with Gasteiger partial charge in [0, 0.05) is 30.1 Å². The average Bonchev–Trinajstić information content (AvgIpc) is 3.00. The van der Waals surface area contributed by atoms with Gasteiger partial charge in [-0.3, -0.25) is 0 Å². The molecule has 0 radical (unpaired) electrons. The quantitative estimate of drug-likeness (QED) is 0.896. The number of fused-ring (bicyclic) bond motifs is 1. The zero-order valence-corrected chi connectivity index (χ0v) is 11.3.